The van der Waals surface area contributed by atoms with E-state index in [0.29, 0.717) is 0 Å². The van der Waals surface area contributed by atoms with E-state index in [4.69, 9.17) is 10.2 Å². The van der Waals surface area contributed by atoms with E-state index in [-0.39, 0.29) is 0 Å². The molecule has 0 unspecified atom stereocenters. The van der Waals surface area contributed by atoms with Crippen molar-refractivity contribution in [1.29, 1.82) is 0 Å². The molecular weight excluding hydrogens is 775 g/mol. The summed E-state index contributed by atoms with van der Waals surface area (Å²) in [4.78, 5) is 0. The van der Waals surface area contributed by atoms with Crippen molar-refractivity contribution in [3.05, 3.63) is 228 Å². The Morgan fingerprint density at radius 3 is 1.42 bits per heavy atom. The molecule has 9 aromatic carbocycles. The van der Waals surface area contributed by atoms with Crippen LogP contribution in [0.5, 0.6) is 0 Å². The number of rotatable bonds is 9. The maximum Gasteiger partial charge on any atom is 0.193 e. The van der Waals surface area contributed by atoms with Gasteiger partial charge >= 0.3 is 0 Å². The number of nitrogens with zero attached hydrogens (tertiary/aromatic N) is 3. The minimum atomic E-state index is 0.858. The lowest BCUT2D eigenvalue weighted by atomic mass is 9.89. The molecule has 308 valence electrons. The van der Waals surface area contributed by atoms with Crippen LogP contribution < -0.4 is 0 Å². The first kappa shape index (κ1) is 39.2. The van der Waals surface area contributed by atoms with E-state index in [0.717, 1.165) is 48.4 Å². The Labute approximate surface area is 376 Å². The molecule has 0 bridgehead atoms. The molecule has 10 aromatic rings. The largest absolute Gasteiger partial charge is 0.216 e. The Kier molecular flexibility index (Phi) is 10.2. The molecule has 1 aromatic heterocycles. The van der Waals surface area contributed by atoms with E-state index >= 15 is 0 Å². The fraction of sp³-hybridized carbons (Fsp3) is 0.115. The van der Waals surface area contributed by atoms with Crippen molar-refractivity contribution >= 4 is 32.9 Å². The van der Waals surface area contributed by atoms with Crippen molar-refractivity contribution in [1.82, 2.24) is 10.2 Å². The summed E-state index contributed by atoms with van der Waals surface area (Å²) in [6, 6.07) is 71.4. The predicted molar refractivity (Wildman–Crippen MR) is 268 cm³/mol. The molecule has 0 fully saturated rings. The third kappa shape index (κ3) is 7.04. The molecule has 0 amide bonds. The van der Waals surface area contributed by atoms with Gasteiger partial charge in [-0.1, -0.05) is 221 Å². The first-order chi connectivity index (χ1) is 31.5. The zero-order valence-corrected chi connectivity index (χ0v) is 36.6. The molecule has 2 heterocycles. The number of hydrogen-bond acceptors (Lipinski definition) is 2. The second-order valence-corrected chi connectivity index (χ2v) is 17.3. The standard InChI is InChI=1S/C61H49N3/c1-40-28-30-43(31-29-40)32-33-58-49-27-17-16-26-48(49)34-35-64(58)61-42(3)63-62-41(2)59(61)60-56-38-52(46-22-12-6-13-23-46)50(44-18-8-4-9-19-44)36-54(56)55-37-51(45-20-10-5-11-21-45)53(39-57(55)60)47-24-14-7-15-25-47/h4-31,36-39H,32-35H2,1-3H3. The van der Waals surface area contributed by atoms with Crippen LogP contribution in [0.3, 0.4) is 0 Å². The smallest absolute Gasteiger partial charge is 0.193 e. The molecule has 11 rings (SSSR count). The first-order valence-electron chi connectivity index (χ1n) is 22.6. The Morgan fingerprint density at radius 1 is 0.453 bits per heavy atom. The van der Waals surface area contributed by atoms with E-state index in [1.807, 2.05) is 0 Å². The lowest BCUT2D eigenvalue weighted by Crippen LogP contribution is -2.29. The highest BCUT2D eigenvalue weighted by Gasteiger charge is 2.31. The molecule has 0 saturated carbocycles. The van der Waals surface area contributed by atoms with Gasteiger partial charge in [0.05, 0.1) is 0 Å². The molecule has 64 heavy (non-hydrogen) atoms. The van der Waals surface area contributed by atoms with E-state index in [9.17, 15) is 0 Å². The highest BCUT2D eigenvalue weighted by molar-refractivity contribution is 6.27. The van der Waals surface area contributed by atoms with Crippen LogP contribution in [-0.2, 0) is 12.8 Å². The summed E-state index contributed by atoms with van der Waals surface area (Å²) in [5.74, 6) is 0. The maximum atomic E-state index is 4.98. The van der Waals surface area contributed by atoms with Crippen molar-refractivity contribution in [2.45, 2.75) is 40.0 Å². The molecule has 0 saturated heterocycles. The van der Waals surface area contributed by atoms with Gasteiger partial charge in [-0.2, -0.15) is 10.2 Å². The minimum absolute atomic E-state index is 0.858. The van der Waals surface area contributed by atoms with Crippen LogP contribution in [0.25, 0.3) is 77.2 Å². The van der Waals surface area contributed by atoms with Crippen molar-refractivity contribution in [2.24, 2.45) is 0 Å². The lowest BCUT2D eigenvalue weighted by Gasteiger charge is -2.24. The van der Waals surface area contributed by atoms with Crippen LogP contribution in [0.4, 0.5) is 5.69 Å². The van der Waals surface area contributed by atoms with Gasteiger partial charge in [0.15, 0.2) is 11.4 Å². The van der Waals surface area contributed by atoms with Gasteiger partial charge in [0.1, 0.15) is 12.2 Å². The Hall–Kier alpha value is -7.62. The second kappa shape index (κ2) is 16.6. The topological polar surface area (TPSA) is 28.8 Å². The third-order valence-electron chi connectivity index (χ3n) is 13.3. The van der Waals surface area contributed by atoms with Crippen LogP contribution in [0.2, 0.25) is 0 Å². The number of aromatic nitrogens is 2. The molecule has 0 radical (unpaired) electrons. The zero-order chi connectivity index (χ0) is 43.1. The Balaban J connectivity index is 1.27. The Bertz CT molecular complexity index is 3220. The molecule has 1 aliphatic rings. The minimum Gasteiger partial charge on any atom is -0.216 e. The highest BCUT2D eigenvalue weighted by Crippen LogP contribution is 2.51. The van der Waals surface area contributed by atoms with E-state index in [1.165, 1.54) is 99.6 Å². The summed E-state index contributed by atoms with van der Waals surface area (Å²) < 4.78 is 2.61. The first-order valence-corrected chi connectivity index (χ1v) is 22.6. The number of fused-ring (bicyclic) bond motifs is 4. The normalized spacial score (nSPS) is 12.5. The van der Waals surface area contributed by atoms with Crippen molar-refractivity contribution in [2.75, 3.05) is 6.54 Å². The van der Waals surface area contributed by atoms with Crippen molar-refractivity contribution < 1.29 is 4.58 Å². The highest BCUT2D eigenvalue weighted by atomic mass is 15.1. The molecule has 0 aliphatic carbocycles. The summed E-state index contributed by atoms with van der Waals surface area (Å²) in [6.07, 6.45) is 2.80. The molecule has 3 nitrogen and oxygen atoms in total. The fourth-order valence-corrected chi connectivity index (χ4v) is 10.2. The molecule has 0 spiro atoms. The quantitative estimate of drug-likeness (QED) is 0.107. The van der Waals surface area contributed by atoms with E-state index in [1.54, 1.807) is 0 Å². The molecular formula is C61H49N3. The molecule has 0 N–H and O–H groups in total. The maximum absolute atomic E-state index is 4.98. The van der Waals surface area contributed by atoms with E-state index in [2.05, 4.69) is 219 Å². The van der Waals surface area contributed by atoms with Crippen LogP contribution >= 0.6 is 0 Å². The van der Waals surface area contributed by atoms with Gasteiger partial charge in [0, 0.05) is 29.7 Å². The van der Waals surface area contributed by atoms with Crippen molar-refractivity contribution in [3.8, 4) is 55.6 Å². The summed E-state index contributed by atoms with van der Waals surface area (Å²) in [7, 11) is 0. The van der Waals surface area contributed by atoms with Crippen LogP contribution in [0.1, 0.15) is 40.1 Å². The van der Waals surface area contributed by atoms with Gasteiger partial charge < -0.3 is 0 Å². The van der Waals surface area contributed by atoms with Gasteiger partial charge in [-0.15, -0.1) is 0 Å². The summed E-state index contributed by atoms with van der Waals surface area (Å²) in [5.41, 5.74) is 21.7. The van der Waals surface area contributed by atoms with Gasteiger partial charge in [0.2, 0.25) is 0 Å². The monoisotopic (exact) mass is 823 g/mol. The molecule has 3 heteroatoms. The average Bonchev–Trinajstić information content (AvgIpc) is 3.66. The van der Waals surface area contributed by atoms with Gasteiger partial charge in [-0.3, -0.25) is 0 Å². The number of aryl methyl sites for hydroxylation is 4. The van der Waals surface area contributed by atoms with Crippen LogP contribution in [0, 0.1) is 20.8 Å². The van der Waals surface area contributed by atoms with Crippen LogP contribution in [-0.4, -0.2) is 27.0 Å². The summed E-state index contributed by atoms with van der Waals surface area (Å²) >= 11 is 0. The number of hydrogen-bond donors (Lipinski definition) is 0. The third-order valence-corrected chi connectivity index (χ3v) is 13.3. The fourth-order valence-electron chi connectivity index (χ4n) is 10.2. The summed E-state index contributed by atoms with van der Waals surface area (Å²) in [6.45, 7) is 7.33. The van der Waals surface area contributed by atoms with Gasteiger partial charge in [-0.05, 0) is 88.9 Å². The van der Waals surface area contributed by atoms with Gasteiger partial charge in [-0.25, -0.2) is 4.58 Å². The lowest BCUT2D eigenvalue weighted by molar-refractivity contribution is -0.443. The predicted octanol–water partition coefficient (Wildman–Crippen LogP) is 15.1. The van der Waals surface area contributed by atoms with Gasteiger partial charge in [0.25, 0.3) is 0 Å². The summed E-state index contributed by atoms with van der Waals surface area (Å²) in [5, 5.41) is 14.8. The van der Waals surface area contributed by atoms with Crippen LogP contribution in [0.15, 0.2) is 194 Å². The zero-order valence-electron chi connectivity index (χ0n) is 36.6. The number of benzene rings is 8. The SMILES string of the molecule is Cc1ccc(CCC2=[N+](c3c(C)nnc(C)c3-[c-]3c4cc(-c5ccccc5)c(-c5ccccc5)cc4c4cc(-c5ccccc5)c(-c5ccccc5)cc43)CCc3ccccc32)cc1. The Morgan fingerprint density at radius 2 is 0.906 bits per heavy atom. The average molecular weight is 824 g/mol. The van der Waals surface area contributed by atoms with E-state index < -0.39 is 0 Å². The van der Waals surface area contributed by atoms with Crippen molar-refractivity contribution in [3.63, 3.8) is 0 Å². The molecule has 0 atom stereocenters. The molecule has 1 aliphatic heterocycles. The second-order valence-electron chi connectivity index (χ2n) is 17.3.